The molecule has 0 atom stereocenters. The van der Waals surface area contributed by atoms with Crippen LogP contribution in [0.5, 0.6) is 11.5 Å². The van der Waals surface area contributed by atoms with Crippen molar-refractivity contribution in [1.29, 1.82) is 5.26 Å². The molecule has 2 rings (SSSR count). The first-order valence-electron chi connectivity index (χ1n) is 8.93. The Morgan fingerprint density at radius 2 is 2.00 bits per heavy atom. The monoisotopic (exact) mass is 402 g/mol. The molecule has 1 heterocycles. The van der Waals surface area contributed by atoms with E-state index in [4.69, 9.17) is 19.5 Å². The summed E-state index contributed by atoms with van der Waals surface area (Å²) in [4.78, 5) is 24.2. The van der Waals surface area contributed by atoms with Crippen LogP contribution < -0.4 is 14.8 Å². The van der Waals surface area contributed by atoms with Crippen LogP contribution in [0.15, 0.2) is 29.6 Å². The molecular formula is C20H22N2O5S. The average Bonchev–Trinajstić information content (AvgIpc) is 3.14. The van der Waals surface area contributed by atoms with Gasteiger partial charge in [0.2, 0.25) is 0 Å². The molecular weight excluding hydrogens is 380 g/mol. The minimum absolute atomic E-state index is 0.257. The third-order valence-electron chi connectivity index (χ3n) is 3.61. The van der Waals surface area contributed by atoms with Crippen LogP contribution in [0.2, 0.25) is 0 Å². The molecule has 0 radical (unpaired) electrons. The van der Waals surface area contributed by atoms with Crippen molar-refractivity contribution < 1.29 is 23.8 Å². The lowest BCUT2D eigenvalue weighted by Gasteiger charge is -2.13. The summed E-state index contributed by atoms with van der Waals surface area (Å²) in [6.45, 7) is 4.44. The van der Waals surface area contributed by atoms with Crippen LogP contribution in [0.1, 0.15) is 42.6 Å². The number of hydrogen-bond donors (Lipinski definition) is 1. The van der Waals surface area contributed by atoms with Gasteiger partial charge in [0.15, 0.2) is 18.1 Å². The quantitative estimate of drug-likeness (QED) is 0.477. The van der Waals surface area contributed by atoms with Crippen LogP contribution in [0.4, 0.5) is 5.00 Å². The van der Waals surface area contributed by atoms with E-state index in [0.29, 0.717) is 35.3 Å². The maximum atomic E-state index is 12.3. The van der Waals surface area contributed by atoms with Gasteiger partial charge in [0.25, 0.3) is 5.91 Å². The normalized spacial score (nSPS) is 10.0. The Balaban J connectivity index is 1.96. The zero-order valence-electron chi connectivity index (χ0n) is 15.8. The fourth-order valence-electron chi connectivity index (χ4n) is 2.22. The predicted molar refractivity (Wildman–Crippen MR) is 106 cm³/mol. The van der Waals surface area contributed by atoms with Gasteiger partial charge >= 0.3 is 5.97 Å². The molecule has 8 heteroatoms. The fourth-order valence-corrected chi connectivity index (χ4v) is 2.97. The van der Waals surface area contributed by atoms with E-state index in [9.17, 15) is 9.59 Å². The number of anilines is 1. The van der Waals surface area contributed by atoms with Crippen molar-refractivity contribution in [3.05, 3.63) is 40.8 Å². The van der Waals surface area contributed by atoms with Crippen LogP contribution in [0.25, 0.3) is 0 Å². The van der Waals surface area contributed by atoms with Gasteiger partial charge in [-0.1, -0.05) is 13.3 Å². The van der Waals surface area contributed by atoms with Crippen molar-refractivity contribution >= 4 is 28.2 Å². The van der Waals surface area contributed by atoms with Gasteiger partial charge in [0.1, 0.15) is 11.1 Å². The molecule has 1 amide bonds. The molecule has 0 aliphatic rings. The number of carbonyl (C=O) groups excluding carboxylic acids is 2. The molecule has 0 aliphatic heterocycles. The molecule has 1 aromatic carbocycles. The summed E-state index contributed by atoms with van der Waals surface area (Å²) in [5, 5.41) is 13.6. The summed E-state index contributed by atoms with van der Waals surface area (Å²) in [5.74, 6) is -0.152. The topological polar surface area (TPSA) is 97.6 Å². The van der Waals surface area contributed by atoms with Crippen molar-refractivity contribution in [2.24, 2.45) is 0 Å². The van der Waals surface area contributed by atoms with E-state index in [-0.39, 0.29) is 5.56 Å². The Morgan fingerprint density at radius 3 is 2.71 bits per heavy atom. The number of benzene rings is 1. The fraction of sp³-hybridized carbons (Fsp3) is 0.350. The van der Waals surface area contributed by atoms with Gasteiger partial charge in [-0.05, 0) is 43.0 Å². The van der Waals surface area contributed by atoms with Gasteiger partial charge in [0.05, 0.1) is 24.3 Å². The summed E-state index contributed by atoms with van der Waals surface area (Å²) in [7, 11) is 0. The average molecular weight is 402 g/mol. The summed E-state index contributed by atoms with van der Waals surface area (Å²) < 4.78 is 16.3. The number of ether oxygens (including phenoxy) is 3. The highest BCUT2D eigenvalue weighted by molar-refractivity contribution is 7.14. The lowest BCUT2D eigenvalue weighted by Crippen LogP contribution is -2.20. The second kappa shape index (κ2) is 10.9. The van der Waals surface area contributed by atoms with Crippen LogP contribution in [-0.4, -0.2) is 31.7 Å². The highest BCUT2D eigenvalue weighted by atomic mass is 32.1. The summed E-state index contributed by atoms with van der Waals surface area (Å²) >= 11 is 1.22. The number of thiophene rings is 1. The van der Waals surface area contributed by atoms with E-state index in [1.54, 1.807) is 23.6 Å². The number of nitrogens with zero attached hydrogens (tertiary/aromatic N) is 1. The maximum Gasteiger partial charge on any atom is 0.338 e. The standard InChI is InChI=1S/C20H22N2O5S/c1-3-5-9-26-16-7-6-14(11-17(16)25-4-2)20(24)27-13-18(23)22-19-15(12-21)8-10-28-19/h6-8,10-11H,3-5,9,13H2,1-2H3,(H,22,23). The van der Waals surface area contributed by atoms with Gasteiger partial charge < -0.3 is 19.5 Å². The number of amides is 1. The molecule has 28 heavy (non-hydrogen) atoms. The van der Waals surface area contributed by atoms with E-state index >= 15 is 0 Å². The van der Waals surface area contributed by atoms with Gasteiger partial charge in [0, 0.05) is 0 Å². The van der Waals surface area contributed by atoms with Gasteiger partial charge in [-0.3, -0.25) is 4.79 Å². The second-order valence-electron chi connectivity index (χ2n) is 5.70. The molecule has 7 nitrogen and oxygen atoms in total. The number of nitriles is 1. The largest absolute Gasteiger partial charge is 0.490 e. The molecule has 0 aliphatic carbocycles. The lowest BCUT2D eigenvalue weighted by atomic mass is 10.2. The Bertz CT molecular complexity index is 857. The smallest absolute Gasteiger partial charge is 0.338 e. The number of rotatable bonds is 10. The van der Waals surface area contributed by atoms with E-state index in [0.717, 1.165) is 12.8 Å². The first-order chi connectivity index (χ1) is 13.6. The number of carbonyl (C=O) groups is 2. The summed E-state index contributed by atoms with van der Waals surface area (Å²) in [6, 6.07) is 8.34. The van der Waals surface area contributed by atoms with Crippen molar-refractivity contribution in [3.63, 3.8) is 0 Å². The van der Waals surface area contributed by atoms with Crippen LogP contribution in [0, 0.1) is 11.3 Å². The molecule has 0 fully saturated rings. The van der Waals surface area contributed by atoms with Crippen molar-refractivity contribution in [2.45, 2.75) is 26.7 Å². The second-order valence-corrected chi connectivity index (χ2v) is 6.61. The Hall–Kier alpha value is -3.05. The van der Waals surface area contributed by atoms with Gasteiger partial charge in [-0.15, -0.1) is 11.3 Å². The lowest BCUT2D eigenvalue weighted by molar-refractivity contribution is -0.119. The first-order valence-corrected chi connectivity index (χ1v) is 9.81. The zero-order chi connectivity index (χ0) is 20.4. The third kappa shape index (κ3) is 5.99. The van der Waals surface area contributed by atoms with E-state index in [1.165, 1.54) is 17.4 Å². The van der Waals surface area contributed by atoms with Crippen molar-refractivity contribution in [3.8, 4) is 17.6 Å². The molecule has 0 spiro atoms. The molecule has 2 aromatic rings. The molecule has 148 valence electrons. The maximum absolute atomic E-state index is 12.3. The highest BCUT2D eigenvalue weighted by Gasteiger charge is 2.15. The summed E-state index contributed by atoms with van der Waals surface area (Å²) in [6.07, 6.45) is 1.93. The Kier molecular flexibility index (Phi) is 8.31. The van der Waals surface area contributed by atoms with Crippen LogP contribution >= 0.6 is 11.3 Å². The molecule has 1 aromatic heterocycles. The highest BCUT2D eigenvalue weighted by Crippen LogP contribution is 2.29. The molecule has 1 N–H and O–H groups in total. The van der Waals surface area contributed by atoms with Crippen LogP contribution in [0.3, 0.4) is 0 Å². The van der Waals surface area contributed by atoms with Gasteiger partial charge in [-0.25, -0.2) is 4.79 Å². The number of hydrogen-bond acceptors (Lipinski definition) is 7. The predicted octanol–water partition coefficient (Wildman–Crippen LogP) is 3.99. The molecule has 0 saturated heterocycles. The zero-order valence-corrected chi connectivity index (χ0v) is 16.6. The third-order valence-corrected chi connectivity index (χ3v) is 4.44. The Labute approximate surface area is 167 Å². The van der Waals surface area contributed by atoms with E-state index in [1.807, 2.05) is 13.0 Å². The minimum Gasteiger partial charge on any atom is -0.490 e. The van der Waals surface area contributed by atoms with Crippen molar-refractivity contribution in [2.75, 3.05) is 25.1 Å². The van der Waals surface area contributed by atoms with E-state index < -0.39 is 18.5 Å². The first kappa shape index (κ1) is 21.3. The van der Waals surface area contributed by atoms with Gasteiger partial charge in [-0.2, -0.15) is 5.26 Å². The number of nitrogens with one attached hydrogen (secondary N) is 1. The minimum atomic E-state index is -0.650. The van der Waals surface area contributed by atoms with E-state index in [2.05, 4.69) is 12.2 Å². The SMILES string of the molecule is CCCCOc1ccc(C(=O)OCC(=O)Nc2sccc2C#N)cc1OCC. The molecule has 0 bridgehead atoms. The summed E-state index contributed by atoms with van der Waals surface area (Å²) in [5.41, 5.74) is 0.623. The van der Waals surface area contributed by atoms with Crippen LogP contribution in [-0.2, 0) is 9.53 Å². The number of unbranched alkanes of at least 4 members (excludes halogenated alkanes) is 1. The number of esters is 1. The molecule has 0 unspecified atom stereocenters. The molecule has 0 saturated carbocycles. The Morgan fingerprint density at radius 1 is 1.18 bits per heavy atom. The van der Waals surface area contributed by atoms with Crippen molar-refractivity contribution in [1.82, 2.24) is 0 Å².